The molecule has 0 aromatic carbocycles. The lowest BCUT2D eigenvalue weighted by molar-refractivity contribution is -0.134. The minimum atomic E-state index is -2.60. The van der Waals surface area contributed by atoms with Crippen LogP contribution in [0.5, 0.6) is 5.75 Å². The molecule has 0 unspecified atom stereocenters. The van der Waals surface area contributed by atoms with Crippen LogP contribution in [-0.2, 0) is 0 Å². The molecule has 2 aromatic heterocycles. The van der Waals surface area contributed by atoms with Gasteiger partial charge in [-0.2, -0.15) is 5.10 Å². The fraction of sp³-hybridized carbons (Fsp3) is 0.429. The molecule has 1 saturated carbocycles. The third kappa shape index (κ3) is 2.26. The summed E-state index contributed by atoms with van der Waals surface area (Å²) in [6, 6.07) is 3.40. The molecule has 0 amide bonds. The van der Waals surface area contributed by atoms with E-state index in [0.717, 1.165) is 0 Å². The lowest BCUT2D eigenvalue weighted by atomic mass is 9.91. The molecule has 2 aromatic rings. The van der Waals surface area contributed by atoms with Crippen LogP contribution in [0.15, 0.2) is 24.5 Å². The molecule has 0 atom stereocenters. The van der Waals surface area contributed by atoms with Crippen molar-refractivity contribution >= 4 is 11.3 Å². The molecule has 6 heteroatoms. The number of nitrogens with zero attached hydrogens (tertiary/aromatic N) is 2. The van der Waals surface area contributed by atoms with Crippen LogP contribution in [0.25, 0.3) is 5.52 Å². The summed E-state index contributed by atoms with van der Waals surface area (Å²) in [4.78, 5) is 11.7. The van der Waals surface area contributed by atoms with Crippen molar-refractivity contribution in [1.29, 1.82) is 0 Å². The van der Waals surface area contributed by atoms with Gasteiger partial charge in [0.15, 0.2) is 5.78 Å². The molecule has 0 radical (unpaired) electrons. The fourth-order valence-electron chi connectivity index (χ4n) is 2.32. The predicted molar refractivity (Wildman–Crippen MR) is 68.4 cm³/mol. The number of Topliss-reactive ketones (excluding diaryl/α,β-unsaturated/α-hetero) is 1. The van der Waals surface area contributed by atoms with Gasteiger partial charge in [0.25, 0.3) is 5.92 Å². The molecule has 4 nitrogen and oxygen atoms in total. The molecule has 0 aliphatic heterocycles. The molecule has 1 aliphatic rings. The van der Waals surface area contributed by atoms with E-state index in [1.165, 1.54) is 10.7 Å². The normalized spacial score (nSPS) is 17.9. The van der Waals surface area contributed by atoms with E-state index in [4.69, 9.17) is 4.74 Å². The Labute approximate surface area is 114 Å². The molecule has 0 saturated heterocycles. The first-order chi connectivity index (χ1) is 9.48. The number of hydrogen-bond donors (Lipinski definition) is 0. The van der Waals surface area contributed by atoms with Gasteiger partial charge in [-0.3, -0.25) is 4.79 Å². The summed E-state index contributed by atoms with van der Waals surface area (Å²) < 4.78 is 32.5. The van der Waals surface area contributed by atoms with Crippen molar-refractivity contribution in [3.63, 3.8) is 0 Å². The minimum Gasteiger partial charge on any atom is -0.488 e. The number of ether oxygens (including phenoxy) is 1. The van der Waals surface area contributed by atoms with Gasteiger partial charge >= 0.3 is 0 Å². The van der Waals surface area contributed by atoms with Gasteiger partial charge in [0, 0.05) is 19.3 Å². The second-order valence-electron chi connectivity index (χ2n) is 5.03. The highest BCUT2D eigenvalue weighted by atomic mass is 19.3. The quantitative estimate of drug-likeness (QED) is 0.808. The van der Waals surface area contributed by atoms with Crippen molar-refractivity contribution < 1.29 is 18.3 Å². The monoisotopic (exact) mass is 280 g/mol. The van der Waals surface area contributed by atoms with Crippen LogP contribution in [0.1, 0.15) is 36.5 Å². The molecule has 0 N–H and O–H groups in total. The van der Waals surface area contributed by atoms with Gasteiger partial charge in [-0.05, 0) is 12.1 Å². The number of carbonyl (C=O) groups is 1. The van der Waals surface area contributed by atoms with Gasteiger partial charge in [-0.25, -0.2) is 13.3 Å². The number of halogens is 2. The van der Waals surface area contributed by atoms with Crippen LogP contribution >= 0.6 is 0 Å². The predicted octanol–water partition coefficient (Wildman–Crippen LogP) is 3.10. The summed E-state index contributed by atoms with van der Waals surface area (Å²) in [6.45, 7) is 1.79. The molecule has 1 fully saturated rings. The summed E-state index contributed by atoms with van der Waals surface area (Å²) in [5, 5.41) is 4.10. The van der Waals surface area contributed by atoms with E-state index in [1.807, 2.05) is 0 Å². The van der Waals surface area contributed by atoms with Crippen molar-refractivity contribution in [1.82, 2.24) is 9.61 Å². The van der Waals surface area contributed by atoms with E-state index in [2.05, 4.69) is 5.10 Å². The zero-order valence-corrected chi connectivity index (χ0v) is 11.0. The van der Waals surface area contributed by atoms with Crippen molar-refractivity contribution in [2.45, 2.75) is 38.2 Å². The molecule has 106 valence electrons. The second kappa shape index (κ2) is 4.54. The highest BCUT2D eigenvalue weighted by molar-refractivity contribution is 6.01. The second-order valence-corrected chi connectivity index (χ2v) is 5.03. The van der Waals surface area contributed by atoms with Crippen LogP contribution in [-0.4, -0.2) is 27.4 Å². The average Bonchev–Trinajstić information content (AvgIpc) is 2.78. The number of aromatic nitrogens is 2. The summed E-state index contributed by atoms with van der Waals surface area (Å²) in [5.41, 5.74) is 1.26. The molecule has 1 aliphatic carbocycles. The van der Waals surface area contributed by atoms with Gasteiger partial charge < -0.3 is 4.74 Å². The number of pyridine rings is 1. The number of carbonyl (C=O) groups excluding carboxylic acids is 1. The molecular weight excluding hydrogens is 266 g/mol. The summed E-state index contributed by atoms with van der Waals surface area (Å²) >= 11 is 0. The molecular formula is C14H14F2N2O2. The standard InChI is InChI=1S/C14H14F2N2O2/c1-2-13(19)11-7-17-18-8-9(3-4-12(11)18)20-10-5-14(15,16)6-10/h3-4,7-8,10H,2,5-6H2,1H3. The highest BCUT2D eigenvalue weighted by Crippen LogP contribution is 2.39. The Bertz CT molecular complexity index is 658. The average molecular weight is 280 g/mol. The van der Waals surface area contributed by atoms with Gasteiger partial charge in [0.1, 0.15) is 11.9 Å². The molecule has 2 heterocycles. The molecule has 20 heavy (non-hydrogen) atoms. The van der Waals surface area contributed by atoms with E-state index in [-0.39, 0.29) is 18.6 Å². The molecule has 0 bridgehead atoms. The van der Waals surface area contributed by atoms with Crippen LogP contribution < -0.4 is 4.74 Å². The maximum atomic E-state index is 12.7. The number of ketones is 1. The van der Waals surface area contributed by atoms with E-state index >= 15 is 0 Å². The first-order valence-corrected chi connectivity index (χ1v) is 6.53. The van der Waals surface area contributed by atoms with Gasteiger partial charge in [-0.1, -0.05) is 6.92 Å². The number of hydrogen-bond acceptors (Lipinski definition) is 3. The van der Waals surface area contributed by atoms with Gasteiger partial charge in [0.2, 0.25) is 0 Å². The Morgan fingerprint density at radius 1 is 1.50 bits per heavy atom. The van der Waals surface area contributed by atoms with Gasteiger partial charge in [0.05, 0.1) is 23.5 Å². The SMILES string of the molecule is CCC(=O)c1cnn2cc(OC3CC(F)(F)C3)ccc12. The van der Waals surface area contributed by atoms with Crippen molar-refractivity contribution in [2.24, 2.45) is 0 Å². The topological polar surface area (TPSA) is 43.6 Å². The zero-order valence-electron chi connectivity index (χ0n) is 11.0. The Balaban J connectivity index is 1.80. The third-order valence-electron chi connectivity index (χ3n) is 3.47. The number of rotatable bonds is 4. The fourth-order valence-corrected chi connectivity index (χ4v) is 2.32. The number of fused-ring (bicyclic) bond motifs is 1. The Hall–Kier alpha value is -1.98. The maximum absolute atomic E-state index is 12.7. The Morgan fingerprint density at radius 3 is 2.90 bits per heavy atom. The summed E-state index contributed by atoms with van der Waals surface area (Å²) in [7, 11) is 0. The Kier molecular flexibility index (Phi) is 2.96. The third-order valence-corrected chi connectivity index (χ3v) is 3.47. The summed E-state index contributed by atoms with van der Waals surface area (Å²) in [5.74, 6) is -2.09. The smallest absolute Gasteiger partial charge is 0.255 e. The Morgan fingerprint density at radius 2 is 2.25 bits per heavy atom. The van der Waals surface area contributed by atoms with Gasteiger partial charge in [-0.15, -0.1) is 0 Å². The highest BCUT2D eigenvalue weighted by Gasteiger charge is 2.47. The lowest BCUT2D eigenvalue weighted by Gasteiger charge is -2.34. The van der Waals surface area contributed by atoms with Crippen LogP contribution in [0.4, 0.5) is 8.78 Å². The van der Waals surface area contributed by atoms with Crippen LogP contribution in [0, 0.1) is 0 Å². The first-order valence-electron chi connectivity index (χ1n) is 6.53. The number of alkyl halides is 2. The van der Waals surface area contributed by atoms with Crippen molar-refractivity contribution in [3.05, 3.63) is 30.1 Å². The van der Waals surface area contributed by atoms with E-state index < -0.39 is 12.0 Å². The summed E-state index contributed by atoms with van der Waals surface area (Å²) in [6.07, 6.45) is 2.60. The van der Waals surface area contributed by atoms with E-state index in [9.17, 15) is 13.6 Å². The van der Waals surface area contributed by atoms with Crippen LogP contribution in [0.3, 0.4) is 0 Å². The van der Waals surface area contributed by atoms with Crippen molar-refractivity contribution in [2.75, 3.05) is 0 Å². The largest absolute Gasteiger partial charge is 0.488 e. The van der Waals surface area contributed by atoms with E-state index in [0.29, 0.717) is 23.3 Å². The maximum Gasteiger partial charge on any atom is 0.255 e. The molecule has 0 spiro atoms. The van der Waals surface area contributed by atoms with E-state index in [1.54, 1.807) is 25.3 Å². The molecule has 3 rings (SSSR count). The first kappa shape index (κ1) is 13.0. The van der Waals surface area contributed by atoms with Crippen molar-refractivity contribution in [3.8, 4) is 5.75 Å². The van der Waals surface area contributed by atoms with Crippen LogP contribution in [0.2, 0.25) is 0 Å². The lowest BCUT2D eigenvalue weighted by Crippen LogP contribution is -2.43. The zero-order chi connectivity index (χ0) is 14.3. The minimum absolute atomic E-state index is 0.0207.